The van der Waals surface area contributed by atoms with E-state index in [1.807, 2.05) is 19.2 Å². The van der Waals surface area contributed by atoms with E-state index >= 15 is 0 Å². The van der Waals surface area contributed by atoms with Crippen LogP contribution < -0.4 is 5.32 Å². The molecule has 0 spiro atoms. The molecule has 1 N–H and O–H groups in total. The zero-order chi connectivity index (χ0) is 13.9. The lowest BCUT2D eigenvalue weighted by Crippen LogP contribution is -2.26. The molecule has 0 saturated carbocycles. The summed E-state index contributed by atoms with van der Waals surface area (Å²) in [6.07, 6.45) is 7.07. The number of hydrogen-bond acceptors (Lipinski definition) is 5. The summed E-state index contributed by atoms with van der Waals surface area (Å²) in [7, 11) is 0. The fourth-order valence-electron chi connectivity index (χ4n) is 2.71. The SMILES string of the molecule is CCNC1CCCc2nc(-c3ccnc(C)n3)ncc21. The molecule has 0 saturated heterocycles. The van der Waals surface area contributed by atoms with Crippen molar-refractivity contribution >= 4 is 0 Å². The van der Waals surface area contributed by atoms with E-state index in [1.54, 1.807) is 6.20 Å². The van der Waals surface area contributed by atoms with Gasteiger partial charge in [-0.2, -0.15) is 0 Å². The Labute approximate surface area is 118 Å². The minimum atomic E-state index is 0.393. The van der Waals surface area contributed by atoms with Crippen LogP contribution in [-0.4, -0.2) is 26.5 Å². The zero-order valence-corrected chi connectivity index (χ0v) is 11.9. The van der Waals surface area contributed by atoms with Crippen molar-refractivity contribution in [2.75, 3.05) is 6.54 Å². The molecule has 2 aromatic heterocycles. The Kier molecular flexibility index (Phi) is 3.69. The van der Waals surface area contributed by atoms with E-state index in [0.717, 1.165) is 36.6 Å². The van der Waals surface area contributed by atoms with Gasteiger partial charge in [-0.25, -0.2) is 19.9 Å². The molecule has 0 fully saturated rings. The Morgan fingerprint density at radius 2 is 2.20 bits per heavy atom. The van der Waals surface area contributed by atoms with Gasteiger partial charge in [-0.05, 0) is 38.8 Å². The van der Waals surface area contributed by atoms with Crippen LogP contribution >= 0.6 is 0 Å². The zero-order valence-electron chi connectivity index (χ0n) is 11.9. The monoisotopic (exact) mass is 269 g/mol. The average molecular weight is 269 g/mol. The van der Waals surface area contributed by atoms with E-state index in [1.165, 1.54) is 12.0 Å². The summed E-state index contributed by atoms with van der Waals surface area (Å²) in [4.78, 5) is 17.7. The molecule has 1 atom stereocenters. The molecular formula is C15H19N5. The number of nitrogens with zero attached hydrogens (tertiary/aromatic N) is 4. The van der Waals surface area contributed by atoms with Crippen molar-refractivity contribution < 1.29 is 0 Å². The van der Waals surface area contributed by atoms with Gasteiger partial charge < -0.3 is 5.32 Å². The molecule has 20 heavy (non-hydrogen) atoms. The molecule has 0 radical (unpaired) electrons. The van der Waals surface area contributed by atoms with Crippen LogP contribution in [0.5, 0.6) is 0 Å². The van der Waals surface area contributed by atoms with Crippen LogP contribution in [0.1, 0.15) is 42.9 Å². The van der Waals surface area contributed by atoms with E-state index in [-0.39, 0.29) is 0 Å². The van der Waals surface area contributed by atoms with Gasteiger partial charge in [0.1, 0.15) is 11.5 Å². The van der Waals surface area contributed by atoms with Gasteiger partial charge in [0, 0.05) is 29.7 Å². The summed E-state index contributed by atoms with van der Waals surface area (Å²) in [6, 6.07) is 2.25. The third kappa shape index (κ3) is 2.54. The van der Waals surface area contributed by atoms with Crippen LogP contribution in [-0.2, 0) is 6.42 Å². The van der Waals surface area contributed by atoms with Crippen LogP contribution in [0.15, 0.2) is 18.5 Å². The normalized spacial score (nSPS) is 17.8. The first-order valence-corrected chi connectivity index (χ1v) is 7.17. The number of aromatic nitrogens is 4. The molecule has 1 unspecified atom stereocenters. The second kappa shape index (κ2) is 5.63. The smallest absolute Gasteiger partial charge is 0.178 e. The Balaban J connectivity index is 1.97. The van der Waals surface area contributed by atoms with Gasteiger partial charge in [0.05, 0.1) is 0 Å². The molecule has 3 rings (SSSR count). The summed E-state index contributed by atoms with van der Waals surface area (Å²) in [5.74, 6) is 1.45. The van der Waals surface area contributed by atoms with Crippen LogP contribution in [0.4, 0.5) is 0 Å². The lowest BCUT2D eigenvalue weighted by Gasteiger charge is -2.25. The highest BCUT2D eigenvalue weighted by Crippen LogP contribution is 2.29. The number of aryl methyl sites for hydroxylation is 2. The standard InChI is InChI=1S/C15H19N5/c1-3-16-12-5-4-6-13-11(12)9-18-15(20-13)14-7-8-17-10(2)19-14/h7-9,12,16H,3-6H2,1-2H3. The number of fused-ring (bicyclic) bond motifs is 1. The van der Waals surface area contributed by atoms with Crippen LogP contribution in [0.2, 0.25) is 0 Å². The molecule has 0 aliphatic heterocycles. The number of nitrogens with one attached hydrogen (secondary N) is 1. The van der Waals surface area contributed by atoms with Crippen molar-refractivity contribution in [2.24, 2.45) is 0 Å². The van der Waals surface area contributed by atoms with Crippen LogP contribution in [0.3, 0.4) is 0 Å². The van der Waals surface area contributed by atoms with Crippen LogP contribution in [0.25, 0.3) is 11.5 Å². The molecular weight excluding hydrogens is 250 g/mol. The van der Waals surface area contributed by atoms with E-state index in [0.29, 0.717) is 11.9 Å². The molecule has 2 aromatic rings. The fraction of sp³-hybridized carbons (Fsp3) is 0.467. The molecule has 1 aliphatic carbocycles. The molecule has 0 bridgehead atoms. The first kappa shape index (κ1) is 13.1. The van der Waals surface area contributed by atoms with Gasteiger partial charge in [0.2, 0.25) is 0 Å². The Morgan fingerprint density at radius 3 is 3.00 bits per heavy atom. The lowest BCUT2D eigenvalue weighted by atomic mass is 9.92. The lowest BCUT2D eigenvalue weighted by molar-refractivity contribution is 0.464. The van der Waals surface area contributed by atoms with Gasteiger partial charge in [-0.1, -0.05) is 6.92 Å². The highest BCUT2D eigenvalue weighted by Gasteiger charge is 2.21. The Bertz CT molecular complexity index is 611. The van der Waals surface area contributed by atoms with Gasteiger partial charge >= 0.3 is 0 Å². The van der Waals surface area contributed by atoms with E-state index < -0.39 is 0 Å². The van der Waals surface area contributed by atoms with E-state index in [2.05, 4.69) is 27.2 Å². The minimum Gasteiger partial charge on any atom is -0.310 e. The predicted octanol–water partition coefficient (Wildman–Crippen LogP) is 2.23. The quantitative estimate of drug-likeness (QED) is 0.925. The van der Waals surface area contributed by atoms with Crippen molar-refractivity contribution in [3.05, 3.63) is 35.5 Å². The molecule has 2 heterocycles. The topological polar surface area (TPSA) is 63.6 Å². The predicted molar refractivity (Wildman–Crippen MR) is 77.2 cm³/mol. The second-order valence-electron chi connectivity index (χ2n) is 5.09. The molecule has 104 valence electrons. The minimum absolute atomic E-state index is 0.393. The van der Waals surface area contributed by atoms with Gasteiger partial charge in [0.15, 0.2) is 5.82 Å². The van der Waals surface area contributed by atoms with Gasteiger partial charge in [0.25, 0.3) is 0 Å². The van der Waals surface area contributed by atoms with Crippen molar-refractivity contribution in [2.45, 2.75) is 39.2 Å². The largest absolute Gasteiger partial charge is 0.310 e. The third-order valence-electron chi connectivity index (χ3n) is 3.64. The first-order chi connectivity index (χ1) is 9.78. The summed E-state index contributed by atoms with van der Waals surface area (Å²) >= 11 is 0. The van der Waals surface area contributed by atoms with Gasteiger partial charge in [-0.3, -0.25) is 0 Å². The maximum atomic E-state index is 4.72. The highest BCUT2D eigenvalue weighted by molar-refractivity contribution is 5.49. The van der Waals surface area contributed by atoms with Crippen molar-refractivity contribution in [1.82, 2.24) is 25.3 Å². The molecule has 1 aliphatic rings. The third-order valence-corrected chi connectivity index (χ3v) is 3.64. The Hall–Kier alpha value is -1.88. The van der Waals surface area contributed by atoms with Crippen molar-refractivity contribution in [3.63, 3.8) is 0 Å². The molecule has 0 aromatic carbocycles. The number of rotatable bonds is 3. The first-order valence-electron chi connectivity index (χ1n) is 7.17. The summed E-state index contributed by atoms with van der Waals surface area (Å²) in [6.45, 7) is 4.98. The maximum absolute atomic E-state index is 4.72. The molecule has 5 nitrogen and oxygen atoms in total. The van der Waals surface area contributed by atoms with Crippen molar-refractivity contribution in [1.29, 1.82) is 0 Å². The average Bonchev–Trinajstić information content (AvgIpc) is 2.47. The Morgan fingerprint density at radius 1 is 1.30 bits per heavy atom. The summed E-state index contributed by atoms with van der Waals surface area (Å²) in [5.41, 5.74) is 3.20. The molecule has 5 heteroatoms. The second-order valence-corrected chi connectivity index (χ2v) is 5.09. The number of hydrogen-bond donors (Lipinski definition) is 1. The van der Waals surface area contributed by atoms with Gasteiger partial charge in [-0.15, -0.1) is 0 Å². The molecule has 0 amide bonds. The van der Waals surface area contributed by atoms with E-state index in [9.17, 15) is 0 Å². The highest BCUT2D eigenvalue weighted by atomic mass is 15.0. The van der Waals surface area contributed by atoms with Crippen LogP contribution in [0, 0.1) is 6.92 Å². The van der Waals surface area contributed by atoms with Crippen molar-refractivity contribution in [3.8, 4) is 11.5 Å². The maximum Gasteiger partial charge on any atom is 0.178 e. The fourth-order valence-corrected chi connectivity index (χ4v) is 2.71. The summed E-state index contributed by atoms with van der Waals surface area (Å²) in [5, 5.41) is 3.50. The van der Waals surface area contributed by atoms with E-state index in [4.69, 9.17) is 4.98 Å². The summed E-state index contributed by atoms with van der Waals surface area (Å²) < 4.78 is 0.